The molecule has 0 radical (unpaired) electrons. The van der Waals surface area contributed by atoms with Crippen LogP contribution in [0.15, 0.2) is 0 Å². The van der Waals surface area contributed by atoms with Crippen molar-refractivity contribution in [3.8, 4) is 0 Å². The average molecular weight is 208 g/mol. The highest BCUT2D eigenvalue weighted by Crippen LogP contribution is 2.17. The second-order valence-electron chi connectivity index (χ2n) is 3.54. The largest absolute Gasteiger partial charge is 0.390 e. The third kappa shape index (κ3) is 4.06. The molecule has 0 saturated carbocycles. The molecule has 0 bridgehead atoms. The minimum Gasteiger partial charge on any atom is -0.390 e. The molecule has 78 valence electrons. The van der Waals surface area contributed by atoms with Crippen molar-refractivity contribution in [3.63, 3.8) is 0 Å². The fraction of sp³-hybridized carbons (Fsp3) is 1.00. The van der Waals surface area contributed by atoms with Gasteiger partial charge in [0.25, 0.3) is 0 Å². The highest BCUT2D eigenvalue weighted by Gasteiger charge is 2.24. The lowest BCUT2D eigenvalue weighted by Gasteiger charge is -2.16. The fourth-order valence-corrected chi connectivity index (χ4v) is 2.10. The van der Waals surface area contributed by atoms with E-state index in [2.05, 4.69) is 0 Å². The summed E-state index contributed by atoms with van der Waals surface area (Å²) < 4.78 is 26.8. The summed E-state index contributed by atoms with van der Waals surface area (Å²) in [7, 11) is -2.96. The van der Waals surface area contributed by atoms with Gasteiger partial charge in [0, 0.05) is 12.9 Å². The minimum absolute atomic E-state index is 0.0357. The van der Waals surface area contributed by atoms with Gasteiger partial charge in [-0.25, -0.2) is 8.42 Å². The summed E-state index contributed by atoms with van der Waals surface area (Å²) in [6, 6.07) is 0. The van der Waals surface area contributed by atoms with Gasteiger partial charge in [-0.15, -0.1) is 0 Å². The van der Waals surface area contributed by atoms with E-state index in [1.807, 2.05) is 0 Å². The van der Waals surface area contributed by atoms with Crippen molar-refractivity contribution in [2.24, 2.45) is 0 Å². The Balaban J connectivity index is 2.28. The van der Waals surface area contributed by atoms with Crippen LogP contribution in [-0.4, -0.2) is 44.3 Å². The van der Waals surface area contributed by atoms with E-state index in [0.717, 1.165) is 12.8 Å². The van der Waals surface area contributed by atoms with E-state index in [1.54, 1.807) is 0 Å². The third-order valence-corrected chi connectivity index (χ3v) is 3.16. The standard InChI is InChI=1S/C8H16O4S/c1-13(10,11)6-4-7(9)8-3-2-5-12-8/h7-9H,2-6H2,1H3. The highest BCUT2D eigenvalue weighted by atomic mass is 32.2. The molecule has 1 rings (SSSR count). The predicted molar refractivity (Wildman–Crippen MR) is 49.3 cm³/mol. The molecule has 0 aliphatic carbocycles. The summed E-state index contributed by atoms with van der Waals surface area (Å²) >= 11 is 0. The number of hydrogen-bond donors (Lipinski definition) is 1. The van der Waals surface area contributed by atoms with Gasteiger partial charge in [-0.2, -0.15) is 0 Å². The highest BCUT2D eigenvalue weighted by molar-refractivity contribution is 7.90. The van der Waals surface area contributed by atoms with E-state index in [4.69, 9.17) is 4.74 Å². The van der Waals surface area contributed by atoms with E-state index >= 15 is 0 Å². The second-order valence-corrected chi connectivity index (χ2v) is 5.80. The second kappa shape index (κ2) is 4.39. The molecule has 13 heavy (non-hydrogen) atoms. The first kappa shape index (κ1) is 10.9. The van der Waals surface area contributed by atoms with Crippen molar-refractivity contribution in [2.45, 2.75) is 31.5 Å². The molecule has 1 aliphatic heterocycles. The van der Waals surface area contributed by atoms with Crippen molar-refractivity contribution in [3.05, 3.63) is 0 Å². The van der Waals surface area contributed by atoms with Crippen LogP contribution in [0.3, 0.4) is 0 Å². The van der Waals surface area contributed by atoms with Crippen LogP contribution in [0.1, 0.15) is 19.3 Å². The molecule has 1 heterocycles. The predicted octanol–water partition coefficient (Wildman–Crippen LogP) is -0.0390. The Morgan fingerprint density at radius 1 is 1.62 bits per heavy atom. The molecule has 4 nitrogen and oxygen atoms in total. The van der Waals surface area contributed by atoms with E-state index in [-0.39, 0.29) is 18.3 Å². The zero-order chi connectivity index (χ0) is 9.90. The van der Waals surface area contributed by atoms with Crippen LogP contribution < -0.4 is 0 Å². The van der Waals surface area contributed by atoms with Crippen molar-refractivity contribution >= 4 is 9.84 Å². The number of rotatable bonds is 4. The fourth-order valence-electron chi connectivity index (χ4n) is 1.43. The molecule has 2 atom stereocenters. The van der Waals surface area contributed by atoms with Gasteiger partial charge in [0.15, 0.2) is 0 Å². The van der Waals surface area contributed by atoms with Crippen LogP contribution in [0.2, 0.25) is 0 Å². The van der Waals surface area contributed by atoms with Crippen LogP contribution in [0, 0.1) is 0 Å². The van der Waals surface area contributed by atoms with E-state index in [0.29, 0.717) is 6.61 Å². The Kier molecular flexibility index (Phi) is 3.70. The molecule has 0 aromatic carbocycles. The first-order valence-electron chi connectivity index (χ1n) is 4.46. The molecule has 0 amide bonds. The quantitative estimate of drug-likeness (QED) is 0.704. The average Bonchev–Trinajstić information content (AvgIpc) is 2.50. The molecule has 0 aromatic heterocycles. The van der Waals surface area contributed by atoms with Gasteiger partial charge in [-0.05, 0) is 19.3 Å². The van der Waals surface area contributed by atoms with E-state index < -0.39 is 15.9 Å². The molecule has 1 N–H and O–H groups in total. The summed E-state index contributed by atoms with van der Waals surface area (Å²) in [5.74, 6) is 0.0357. The number of aliphatic hydroxyl groups excluding tert-OH is 1. The molecule has 5 heteroatoms. The Bertz CT molecular complexity index is 241. The monoisotopic (exact) mass is 208 g/mol. The first-order valence-corrected chi connectivity index (χ1v) is 6.52. The van der Waals surface area contributed by atoms with Gasteiger partial charge in [0.1, 0.15) is 9.84 Å². The molecular weight excluding hydrogens is 192 g/mol. The summed E-state index contributed by atoms with van der Waals surface area (Å²) in [4.78, 5) is 0. The van der Waals surface area contributed by atoms with Gasteiger partial charge in [0.05, 0.1) is 18.0 Å². The van der Waals surface area contributed by atoms with Crippen molar-refractivity contribution in [2.75, 3.05) is 18.6 Å². The maximum absolute atomic E-state index is 10.8. The van der Waals surface area contributed by atoms with Gasteiger partial charge < -0.3 is 9.84 Å². The van der Waals surface area contributed by atoms with Gasteiger partial charge in [-0.3, -0.25) is 0 Å². The molecule has 0 spiro atoms. The maximum Gasteiger partial charge on any atom is 0.147 e. The number of ether oxygens (including phenoxy) is 1. The minimum atomic E-state index is -2.96. The van der Waals surface area contributed by atoms with Crippen LogP contribution in [0.4, 0.5) is 0 Å². The zero-order valence-corrected chi connectivity index (χ0v) is 8.59. The molecular formula is C8H16O4S. The van der Waals surface area contributed by atoms with Crippen molar-refractivity contribution in [1.82, 2.24) is 0 Å². The number of hydrogen-bond acceptors (Lipinski definition) is 4. The van der Waals surface area contributed by atoms with Crippen LogP contribution in [0.25, 0.3) is 0 Å². The lowest BCUT2D eigenvalue weighted by Crippen LogP contribution is -2.27. The topological polar surface area (TPSA) is 63.6 Å². The Labute approximate surface area is 78.8 Å². The van der Waals surface area contributed by atoms with E-state index in [9.17, 15) is 13.5 Å². The van der Waals surface area contributed by atoms with Crippen molar-refractivity contribution in [1.29, 1.82) is 0 Å². The summed E-state index contributed by atoms with van der Waals surface area (Å²) in [6.45, 7) is 0.681. The molecule has 1 fully saturated rings. The SMILES string of the molecule is CS(=O)(=O)CCC(O)C1CCCO1. The van der Waals surface area contributed by atoms with Gasteiger partial charge in [0.2, 0.25) is 0 Å². The zero-order valence-electron chi connectivity index (χ0n) is 7.77. The van der Waals surface area contributed by atoms with Crippen LogP contribution in [0.5, 0.6) is 0 Å². The Hall–Kier alpha value is -0.130. The smallest absolute Gasteiger partial charge is 0.147 e. The van der Waals surface area contributed by atoms with Gasteiger partial charge in [-0.1, -0.05) is 0 Å². The normalized spacial score (nSPS) is 26.2. The van der Waals surface area contributed by atoms with Gasteiger partial charge >= 0.3 is 0 Å². The summed E-state index contributed by atoms with van der Waals surface area (Å²) in [6.07, 6.45) is 2.48. The maximum atomic E-state index is 10.8. The molecule has 2 unspecified atom stereocenters. The molecule has 1 aliphatic rings. The molecule has 0 aromatic rings. The third-order valence-electron chi connectivity index (χ3n) is 2.18. The first-order chi connectivity index (χ1) is 5.99. The van der Waals surface area contributed by atoms with Crippen LogP contribution in [-0.2, 0) is 14.6 Å². The van der Waals surface area contributed by atoms with E-state index in [1.165, 1.54) is 6.26 Å². The summed E-state index contributed by atoms with van der Waals surface area (Å²) in [5, 5.41) is 9.52. The Morgan fingerprint density at radius 2 is 2.31 bits per heavy atom. The van der Waals surface area contributed by atoms with Crippen molar-refractivity contribution < 1.29 is 18.3 Å². The lowest BCUT2D eigenvalue weighted by atomic mass is 10.1. The van der Waals surface area contributed by atoms with Crippen LogP contribution >= 0.6 is 0 Å². The number of aliphatic hydroxyl groups is 1. The Morgan fingerprint density at radius 3 is 2.77 bits per heavy atom. The number of sulfone groups is 1. The summed E-state index contributed by atoms with van der Waals surface area (Å²) in [5.41, 5.74) is 0. The molecule has 1 saturated heterocycles. The lowest BCUT2D eigenvalue weighted by molar-refractivity contribution is -0.00239.